The van der Waals surface area contributed by atoms with Gasteiger partial charge in [-0.05, 0) is 44.9 Å². The molecular formula is C25H42O13. The normalized spacial score (nSPS) is 48.8. The monoisotopic (exact) mass is 550 g/mol. The van der Waals surface area contributed by atoms with E-state index in [2.05, 4.69) is 0 Å². The smallest absolute Gasteiger partial charge is 0.332 e. The van der Waals surface area contributed by atoms with Gasteiger partial charge in [0, 0.05) is 6.61 Å². The summed E-state index contributed by atoms with van der Waals surface area (Å²) in [5.41, 5.74) is 0. The minimum Gasteiger partial charge on any atom is -0.479 e. The number of hydrogen-bond acceptors (Lipinski definition) is 12. The molecule has 0 bridgehead atoms. The molecule has 4 aliphatic rings. The molecule has 14 unspecified atom stereocenters. The predicted molar refractivity (Wildman–Crippen MR) is 127 cm³/mol. The lowest BCUT2D eigenvalue weighted by molar-refractivity contribution is -0.352. The van der Waals surface area contributed by atoms with Crippen LogP contribution >= 0.6 is 0 Å². The molecule has 1 aliphatic carbocycles. The zero-order valence-electron chi connectivity index (χ0n) is 21.8. The average molecular weight is 551 g/mol. The second-order valence-corrected chi connectivity index (χ2v) is 10.8. The number of fused-ring (bicyclic) bond motifs is 1. The van der Waals surface area contributed by atoms with E-state index in [4.69, 9.17) is 28.4 Å². The molecule has 1 saturated carbocycles. The highest BCUT2D eigenvalue weighted by molar-refractivity contribution is 5.72. The molecule has 14 atom stereocenters. The van der Waals surface area contributed by atoms with Crippen molar-refractivity contribution in [3.05, 3.63) is 0 Å². The Balaban J connectivity index is 1.54. The average Bonchev–Trinajstić information content (AvgIpc) is 3.00. The highest BCUT2D eigenvalue weighted by Gasteiger charge is 2.51. The molecule has 0 radical (unpaired) electrons. The van der Waals surface area contributed by atoms with Crippen LogP contribution < -0.4 is 0 Å². The van der Waals surface area contributed by atoms with Crippen molar-refractivity contribution in [2.75, 3.05) is 13.2 Å². The van der Waals surface area contributed by atoms with Crippen LogP contribution in [0.1, 0.15) is 52.4 Å². The summed E-state index contributed by atoms with van der Waals surface area (Å²) in [4.78, 5) is 11.8. The summed E-state index contributed by atoms with van der Waals surface area (Å²) in [6.45, 7) is 3.26. The molecule has 13 nitrogen and oxygen atoms in total. The van der Waals surface area contributed by atoms with Crippen LogP contribution in [0.4, 0.5) is 0 Å². The highest BCUT2D eigenvalue weighted by atomic mass is 16.7. The maximum Gasteiger partial charge on any atom is 0.332 e. The van der Waals surface area contributed by atoms with Gasteiger partial charge in [0.15, 0.2) is 18.7 Å². The predicted octanol–water partition coefficient (Wildman–Crippen LogP) is -1.11. The Hall–Kier alpha value is -0.970. The van der Waals surface area contributed by atoms with Crippen LogP contribution in [0.3, 0.4) is 0 Å². The molecule has 0 spiro atoms. The Morgan fingerprint density at radius 2 is 1.58 bits per heavy atom. The van der Waals surface area contributed by atoms with E-state index in [1.165, 1.54) is 0 Å². The molecule has 3 saturated heterocycles. The van der Waals surface area contributed by atoms with Gasteiger partial charge in [0.05, 0.1) is 24.9 Å². The lowest BCUT2D eigenvalue weighted by atomic mass is 9.85. The van der Waals surface area contributed by atoms with Gasteiger partial charge in [-0.25, -0.2) is 4.79 Å². The molecule has 0 aromatic heterocycles. The summed E-state index contributed by atoms with van der Waals surface area (Å²) in [5, 5.41) is 61.1. The fraction of sp³-hybridized carbons (Fsp3) is 0.960. The Labute approximate surface area is 221 Å². The molecule has 6 N–H and O–H groups in total. The molecule has 3 aliphatic heterocycles. The van der Waals surface area contributed by atoms with Gasteiger partial charge >= 0.3 is 5.97 Å². The molecule has 0 amide bonds. The summed E-state index contributed by atoms with van der Waals surface area (Å²) in [5.74, 6) is -1.18. The number of hydrogen-bond donors (Lipinski definition) is 6. The fourth-order valence-electron chi connectivity index (χ4n) is 5.73. The molecule has 3 heterocycles. The van der Waals surface area contributed by atoms with E-state index in [0.29, 0.717) is 19.3 Å². The van der Waals surface area contributed by atoms with Crippen LogP contribution in [-0.2, 0) is 33.2 Å². The van der Waals surface area contributed by atoms with Crippen LogP contribution in [-0.4, -0.2) is 130 Å². The molecule has 220 valence electrons. The van der Waals surface area contributed by atoms with Crippen molar-refractivity contribution >= 4 is 5.97 Å². The maximum atomic E-state index is 11.8. The summed E-state index contributed by atoms with van der Waals surface area (Å²) in [7, 11) is 0. The number of carboxylic acids is 1. The van der Waals surface area contributed by atoms with E-state index in [-0.39, 0.29) is 18.9 Å². The maximum absolute atomic E-state index is 11.8. The van der Waals surface area contributed by atoms with Crippen molar-refractivity contribution in [2.45, 2.75) is 132 Å². The molecule has 0 aromatic rings. The van der Waals surface area contributed by atoms with Crippen molar-refractivity contribution in [3.63, 3.8) is 0 Å². The second-order valence-electron chi connectivity index (χ2n) is 10.8. The topological polar surface area (TPSA) is 194 Å². The first-order valence-electron chi connectivity index (χ1n) is 13.6. The first-order chi connectivity index (χ1) is 18.1. The zero-order valence-corrected chi connectivity index (χ0v) is 21.8. The van der Waals surface area contributed by atoms with Crippen molar-refractivity contribution in [1.82, 2.24) is 0 Å². The van der Waals surface area contributed by atoms with Crippen molar-refractivity contribution in [2.24, 2.45) is 5.92 Å². The van der Waals surface area contributed by atoms with Crippen molar-refractivity contribution < 1.29 is 63.9 Å². The number of carboxylic acid groups (broad SMARTS) is 1. The summed E-state index contributed by atoms with van der Waals surface area (Å²) in [6.07, 6.45) is -10.6. The zero-order chi connectivity index (χ0) is 27.6. The van der Waals surface area contributed by atoms with Gasteiger partial charge in [-0.2, -0.15) is 0 Å². The molecule has 0 aromatic carbocycles. The number of rotatable bonds is 6. The van der Waals surface area contributed by atoms with Gasteiger partial charge in [-0.3, -0.25) is 0 Å². The first kappa shape index (κ1) is 30.0. The number of carbonyl (C=O) groups is 1. The van der Waals surface area contributed by atoms with Gasteiger partial charge in [-0.1, -0.05) is 13.3 Å². The SMILES string of the molecule is CC1CCCC(OC2OC(CO)C(O)C3OC(C(=O)O)CCCCOC23)C1OC1OC(C)C(O)C(O)C1O. The number of aliphatic hydroxyl groups is 5. The minimum absolute atomic E-state index is 0.0310. The largest absolute Gasteiger partial charge is 0.479 e. The van der Waals surface area contributed by atoms with Gasteiger partial charge in [-0.15, -0.1) is 0 Å². The lowest BCUT2D eigenvalue weighted by Crippen LogP contribution is -2.63. The quantitative estimate of drug-likeness (QED) is 0.233. The van der Waals surface area contributed by atoms with E-state index in [1.54, 1.807) is 6.92 Å². The van der Waals surface area contributed by atoms with Crippen LogP contribution in [0.15, 0.2) is 0 Å². The Bertz CT molecular complexity index is 770. The first-order valence-corrected chi connectivity index (χ1v) is 13.6. The molecule has 13 heteroatoms. The van der Waals surface area contributed by atoms with Crippen molar-refractivity contribution in [1.29, 1.82) is 0 Å². The Morgan fingerprint density at radius 3 is 2.29 bits per heavy atom. The van der Waals surface area contributed by atoms with Crippen LogP contribution in [0, 0.1) is 5.92 Å². The highest BCUT2D eigenvalue weighted by Crippen LogP contribution is 2.36. The van der Waals surface area contributed by atoms with E-state index < -0.39 is 92.3 Å². The van der Waals surface area contributed by atoms with Crippen LogP contribution in [0.25, 0.3) is 0 Å². The number of aliphatic carboxylic acids is 1. The van der Waals surface area contributed by atoms with Gasteiger partial charge in [0.1, 0.15) is 42.7 Å². The minimum atomic E-state index is -1.47. The third-order valence-electron chi connectivity index (χ3n) is 8.05. The lowest BCUT2D eigenvalue weighted by Gasteiger charge is -2.47. The van der Waals surface area contributed by atoms with Crippen LogP contribution in [0.2, 0.25) is 0 Å². The van der Waals surface area contributed by atoms with Gasteiger partial charge < -0.3 is 59.1 Å². The van der Waals surface area contributed by atoms with Gasteiger partial charge in [0.2, 0.25) is 0 Å². The van der Waals surface area contributed by atoms with Gasteiger partial charge in [0.25, 0.3) is 0 Å². The van der Waals surface area contributed by atoms with Crippen LogP contribution in [0.5, 0.6) is 0 Å². The standard InChI is InChI=1S/C25H42O13/c1-11-6-5-8-13(20(11)38-24-19(30)18(29)16(27)12(2)34-24)36-25-22-21(17(28)15(10-26)37-25)35-14(23(31)32)7-3-4-9-33-22/h11-22,24-30H,3-10H2,1-2H3,(H,31,32). The second kappa shape index (κ2) is 13.1. The summed E-state index contributed by atoms with van der Waals surface area (Å²) in [6, 6.07) is 0. The molecule has 4 fully saturated rings. The summed E-state index contributed by atoms with van der Waals surface area (Å²) < 4.78 is 35.9. The van der Waals surface area contributed by atoms with E-state index in [9.17, 15) is 35.4 Å². The van der Waals surface area contributed by atoms with E-state index in [1.807, 2.05) is 6.92 Å². The van der Waals surface area contributed by atoms with E-state index >= 15 is 0 Å². The Kier molecular flexibility index (Phi) is 10.4. The third-order valence-corrected chi connectivity index (χ3v) is 8.05. The number of ether oxygens (including phenoxy) is 6. The Morgan fingerprint density at radius 1 is 0.816 bits per heavy atom. The van der Waals surface area contributed by atoms with E-state index in [0.717, 1.165) is 12.8 Å². The number of aliphatic hydroxyl groups excluding tert-OH is 5. The fourth-order valence-corrected chi connectivity index (χ4v) is 5.73. The van der Waals surface area contributed by atoms with Crippen molar-refractivity contribution in [3.8, 4) is 0 Å². The molecular weight excluding hydrogens is 508 g/mol. The third kappa shape index (κ3) is 6.50. The molecule has 4 rings (SSSR count). The summed E-state index contributed by atoms with van der Waals surface area (Å²) >= 11 is 0. The molecule has 38 heavy (non-hydrogen) atoms.